The predicted molar refractivity (Wildman–Crippen MR) is 94.3 cm³/mol. The first kappa shape index (κ1) is 13.5. The van der Waals surface area contributed by atoms with Crippen LogP contribution in [-0.2, 0) is 0 Å². The van der Waals surface area contributed by atoms with E-state index in [0.717, 1.165) is 33.2 Å². The van der Waals surface area contributed by atoms with Crippen molar-refractivity contribution in [1.82, 2.24) is 4.98 Å². The Morgan fingerprint density at radius 2 is 1.35 bits per heavy atom. The van der Waals surface area contributed by atoms with E-state index in [4.69, 9.17) is 4.98 Å². The normalized spacial score (nSPS) is 10.8. The molecule has 0 aliphatic rings. The van der Waals surface area contributed by atoms with Gasteiger partial charge in [-0.25, -0.2) is 0 Å². The molecule has 4 rings (SSSR count). The van der Waals surface area contributed by atoms with E-state index in [1.165, 1.54) is 0 Å². The lowest BCUT2D eigenvalue weighted by molar-refractivity contribution is 0.475. The SMILES string of the molecule is Oc1ccc(-c2c(-c3ccccc3)ncc3ccccc23)cc1. The molecule has 0 amide bonds. The fourth-order valence-electron chi connectivity index (χ4n) is 2.90. The minimum absolute atomic E-state index is 0.267. The number of hydrogen-bond acceptors (Lipinski definition) is 2. The van der Waals surface area contributed by atoms with Crippen molar-refractivity contribution in [3.8, 4) is 28.1 Å². The van der Waals surface area contributed by atoms with E-state index in [0.29, 0.717) is 0 Å². The summed E-state index contributed by atoms with van der Waals surface area (Å²) in [4.78, 5) is 4.71. The Labute approximate surface area is 134 Å². The van der Waals surface area contributed by atoms with Crippen LogP contribution in [0.4, 0.5) is 0 Å². The summed E-state index contributed by atoms with van der Waals surface area (Å²) >= 11 is 0. The van der Waals surface area contributed by atoms with Crippen LogP contribution in [0.3, 0.4) is 0 Å². The fourth-order valence-corrected chi connectivity index (χ4v) is 2.90. The van der Waals surface area contributed by atoms with Gasteiger partial charge in [-0.3, -0.25) is 4.98 Å². The smallest absolute Gasteiger partial charge is 0.115 e. The van der Waals surface area contributed by atoms with E-state index in [1.807, 2.05) is 48.7 Å². The molecule has 0 spiro atoms. The third-order valence-electron chi connectivity index (χ3n) is 4.00. The standard InChI is InChI=1S/C21H15NO/c23-18-12-10-15(11-13-18)20-19-9-5-4-8-17(19)14-22-21(20)16-6-2-1-3-7-16/h1-14,23H. The number of benzene rings is 3. The summed E-state index contributed by atoms with van der Waals surface area (Å²) in [7, 11) is 0. The van der Waals surface area contributed by atoms with Crippen molar-refractivity contribution in [3.63, 3.8) is 0 Å². The second kappa shape index (κ2) is 5.58. The number of hydrogen-bond donors (Lipinski definition) is 1. The van der Waals surface area contributed by atoms with Crippen molar-refractivity contribution in [3.05, 3.63) is 85.1 Å². The number of pyridine rings is 1. The average Bonchev–Trinajstić information content (AvgIpc) is 2.62. The summed E-state index contributed by atoms with van der Waals surface area (Å²) < 4.78 is 0. The molecular formula is C21H15NO. The summed E-state index contributed by atoms with van der Waals surface area (Å²) in [5, 5.41) is 11.9. The average molecular weight is 297 g/mol. The van der Waals surface area contributed by atoms with Crippen molar-refractivity contribution in [2.24, 2.45) is 0 Å². The maximum Gasteiger partial charge on any atom is 0.115 e. The van der Waals surface area contributed by atoms with Crippen LogP contribution >= 0.6 is 0 Å². The Morgan fingerprint density at radius 1 is 0.652 bits per heavy atom. The molecule has 23 heavy (non-hydrogen) atoms. The van der Waals surface area contributed by atoms with Gasteiger partial charge >= 0.3 is 0 Å². The van der Waals surface area contributed by atoms with E-state index in [2.05, 4.69) is 24.3 Å². The minimum atomic E-state index is 0.267. The molecule has 2 nitrogen and oxygen atoms in total. The van der Waals surface area contributed by atoms with Crippen LogP contribution < -0.4 is 0 Å². The number of aromatic hydroxyl groups is 1. The highest BCUT2D eigenvalue weighted by Crippen LogP contribution is 2.36. The van der Waals surface area contributed by atoms with Gasteiger partial charge in [0, 0.05) is 22.7 Å². The molecule has 0 fully saturated rings. The largest absolute Gasteiger partial charge is 0.508 e. The van der Waals surface area contributed by atoms with Gasteiger partial charge in [-0.15, -0.1) is 0 Å². The van der Waals surface area contributed by atoms with Gasteiger partial charge in [0.15, 0.2) is 0 Å². The molecule has 0 radical (unpaired) electrons. The molecule has 1 aromatic heterocycles. The number of rotatable bonds is 2. The van der Waals surface area contributed by atoms with E-state index in [9.17, 15) is 5.11 Å². The highest BCUT2D eigenvalue weighted by molar-refractivity contribution is 6.02. The van der Waals surface area contributed by atoms with Crippen molar-refractivity contribution in [2.75, 3.05) is 0 Å². The zero-order valence-corrected chi connectivity index (χ0v) is 12.5. The van der Waals surface area contributed by atoms with Gasteiger partial charge in [0.1, 0.15) is 5.75 Å². The highest BCUT2D eigenvalue weighted by atomic mass is 16.3. The maximum absolute atomic E-state index is 9.59. The highest BCUT2D eigenvalue weighted by Gasteiger charge is 2.13. The first-order chi connectivity index (χ1) is 11.3. The first-order valence-electron chi connectivity index (χ1n) is 7.55. The minimum Gasteiger partial charge on any atom is -0.508 e. The second-order valence-corrected chi connectivity index (χ2v) is 5.48. The van der Waals surface area contributed by atoms with E-state index >= 15 is 0 Å². The van der Waals surface area contributed by atoms with E-state index in [1.54, 1.807) is 12.1 Å². The van der Waals surface area contributed by atoms with Gasteiger partial charge in [0.05, 0.1) is 5.69 Å². The van der Waals surface area contributed by atoms with Gasteiger partial charge in [0.2, 0.25) is 0 Å². The zero-order chi connectivity index (χ0) is 15.6. The summed E-state index contributed by atoms with van der Waals surface area (Å²) in [5.74, 6) is 0.267. The number of aromatic nitrogens is 1. The molecule has 0 saturated carbocycles. The first-order valence-corrected chi connectivity index (χ1v) is 7.55. The number of phenols is 1. The van der Waals surface area contributed by atoms with Crippen LogP contribution in [-0.4, -0.2) is 10.1 Å². The molecule has 0 aliphatic heterocycles. The van der Waals surface area contributed by atoms with Crippen LogP contribution in [0.25, 0.3) is 33.2 Å². The summed E-state index contributed by atoms with van der Waals surface area (Å²) in [6.45, 7) is 0. The van der Waals surface area contributed by atoms with Gasteiger partial charge in [0.25, 0.3) is 0 Å². The summed E-state index contributed by atoms with van der Waals surface area (Å²) in [6, 6.07) is 25.7. The van der Waals surface area contributed by atoms with Gasteiger partial charge in [-0.1, -0.05) is 66.7 Å². The Bertz CT molecular complexity index is 960. The Kier molecular flexibility index (Phi) is 3.28. The van der Waals surface area contributed by atoms with Gasteiger partial charge < -0.3 is 5.11 Å². The molecule has 1 heterocycles. The van der Waals surface area contributed by atoms with Crippen LogP contribution in [0.1, 0.15) is 0 Å². The number of phenolic OH excluding ortho intramolecular Hbond substituents is 1. The van der Waals surface area contributed by atoms with Gasteiger partial charge in [-0.05, 0) is 23.1 Å². The number of nitrogens with zero attached hydrogens (tertiary/aromatic N) is 1. The topological polar surface area (TPSA) is 33.1 Å². The fraction of sp³-hybridized carbons (Fsp3) is 0. The van der Waals surface area contributed by atoms with Crippen LogP contribution in [0.15, 0.2) is 85.1 Å². The van der Waals surface area contributed by atoms with Crippen LogP contribution in [0.2, 0.25) is 0 Å². The summed E-state index contributed by atoms with van der Waals surface area (Å²) in [5.41, 5.74) is 4.18. The van der Waals surface area contributed by atoms with E-state index in [-0.39, 0.29) is 5.75 Å². The molecule has 110 valence electrons. The third kappa shape index (κ3) is 2.44. The predicted octanol–water partition coefficient (Wildman–Crippen LogP) is 5.27. The monoisotopic (exact) mass is 297 g/mol. The lowest BCUT2D eigenvalue weighted by Gasteiger charge is -2.13. The summed E-state index contributed by atoms with van der Waals surface area (Å²) in [6.07, 6.45) is 1.92. The van der Waals surface area contributed by atoms with Gasteiger partial charge in [-0.2, -0.15) is 0 Å². The quantitative estimate of drug-likeness (QED) is 0.546. The van der Waals surface area contributed by atoms with Crippen molar-refractivity contribution in [2.45, 2.75) is 0 Å². The van der Waals surface area contributed by atoms with Crippen molar-refractivity contribution >= 4 is 10.8 Å². The maximum atomic E-state index is 9.59. The molecule has 0 unspecified atom stereocenters. The molecule has 0 bridgehead atoms. The molecular weight excluding hydrogens is 282 g/mol. The molecule has 0 saturated heterocycles. The van der Waals surface area contributed by atoms with Crippen LogP contribution in [0.5, 0.6) is 5.75 Å². The Hall–Kier alpha value is -3.13. The molecule has 4 aromatic rings. The lowest BCUT2D eigenvalue weighted by atomic mass is 9.94. The molecule has 0 atom stereocenters. The third-order valence-corrected chi connectivity index (χ3v) is 4.00. The Morgan fingerprint density at radius 3 is 2.13 bits per heavy atom. The Balaban J connectivity index is 2.07. The number of fused-ring (bicyclic) bond motifs is 1. The zero-order valence-electron chi connectivity index (χ0n) is 12.5. The molecule has 3 aromatic carbocycles. The second-order valence-electron chi connectivity index (χ2n) is 5.48. The van der Waals surface area contributed by atoms with Crippen LogP contribution in [0, 0.1) is 0 Å². The van der Waals surface area contributed by atoms with Crippen molar-refractivity contribution < 1.29 is 5.11 Å². The van der Waals surface area contributed by atoms with Crippen molar-refractivity contribution in [1.29, 1.82) is 0 Å². The lowest BCUT2D eigenvalue weighted by Crippen LogP contribution is -1.91. The molecule has 2 heteroatoms. The molecule has 1 N–H and O–H groups in total. The molecule has 0 aliphatic carbocycles. The van der Waals surface area contributed by atoms with E-state index < -0.39 is 0 Å².